The van der Waals surface area contributed by atoms with E-state index in [1.54, 1.807) is 0 Å². The highest BCUT2D eigenvalue weighted by Crippen LogP contribution is 2.24. The van der Waals surface area contributed by atoms with Crippen molar-refractivity contribution in [1.29, 1.82) is 0 Å². The lowest BCUT2D eigenvalue weighted by atomic mass is 10.2. The van der Waals surface area contributed by atoms with Gasteiger partial charge in [0.1, 0.15) is 0 Å². The summed E-state index contributed by atoms with van der Waals surface area (Å²) < 4.78 is 4.69. The summed E-state index contributed by atoms with van der Waals surface area (Å²) in [6.45, 7) is 0. The first-order valence-corrected chi connectivity index (χ1v) is 3.64. The average molecular weight is 204 g/mol. The van der Waals surface area contributed by atoms with Gasteiger partial charge in [-0.25, -0.2) is 4.79 Å². The zero-order valence-corrected chi connectivity index (χ0v) is 7.38. The number of carboxylic acids is 1. The Morgan fingerprint density at radius 1 is 1.69 bits per heavy atom. The molecule has 0 amide bonds. The molecule has 5 nitrogen and oxygen atoms in total. The molecule has 0 fully saturated rings. The van der Waals surface area contributed by atoms with Gasteiger partial charge in [0.05, 0.1) is 12.1 Å². The third kappa shape index (κ3) is 1.65. The highest BCUT2D eigenvalue weighted by molar-refractivity contribution is 6.32. The molecule has 1 aromatic heterocycles. The Bertz CT molecular complexity index is 398. The van der Waals surface area contributed by atoms with E-state index in [1.807, 2.05) is 0 Å². The van der Waals surface area contributed by atoms with E-state index in [9.17, 15) is 9.59 Å². The van der Waals surface area contributed by atoms with E-state index in [0.29, 0.717) is 0 Å². The van der Waals surface area contributed by atoms with Gasteiger partial charge in [-0.3, -0.25) is 4.79 Å². The topological polar surface area (TPSA) is 79.4 Å². The summed E-state index contributed by atoms with van der Waals surface area (Å²) in [5.74, 6) is -1.50. The Morgan fingerprint density at radius 3 is 2.69 bits per heavy atom. The van der Waals surface area contributed by atoms with Crippen LogP contribution >= 0.6 is 11.6 Å². The van der Waals surface area contributed by atoms with E-state index < -0.39 is 17.1 Å². The van der Waals surface area contributed by atoms with Crippen molar-refractivity contribution in [2.75, 3.05) is 7.11 Å². The van der Waals surface area contributed by atoms with Gasteiger partial charge in [0.15, 0.2) is 11.3 Å². The van der Waals surface area contributed by atoms with Gasteiger partial charge in [-0.2, -0.15) is 0 Å². The van der Waals surface area contributed by atoms with Crippen LogP contribution < -0.4 is 10.3 Å². The monoisotopic (exact) mass is 203 g/mol. The Balaban J connectivity index is 3.53. The number of H-pyrrole nitrogens is 1. The van der Waals surface area contributed by atoms with Gasteiger partial charge < -0.3 is 14.8 Å². The summed E-state index contributed by atoms with van der Waals surface area (Å²) >= 11 is 5.59. The summed E-state index contributed by atoms with van der Waals surface area (Å²) in [5.41, 5.74) is -1.23. The lowest BCUT2D eigenvalue weighted by Gasteiger charge is -2.04. The first-order chi connectivity index (χ1) is 6.07. The molecule has 0 aliphatic carbocycles. The molecule has 0 radical (unpaired) electrons. The van der Waals surface area contributed by atoms with Crippen molar-refractivity contribution < 1.29 is 14.6 Å². The van der Waals surface area contributed by atoms with Crippen molar-refractivity contribution in [2.24, 2.45) is 0 Å². The summed E-state index contributed by atoms with van der Waals surface area (Å²) in [7, 11) is 1.24. The molecule has 0 atom stereocenters. The molecule has 0 saturated carbocycles. The predicted octanol–water partition coefficient (Wildman–Crippen LogP) is 0.735. The SMILES string of the molecule is COc1c(Cl)c[nH]c(=O)c1C(=O)O. The fourth-order valence-electron chi connectivity index (χ4n) is 0.883. The van der Waals surface area contributed by atoms with Gasteiger partial charge in [0, 0.05) is 6.20 Å². The number of hydrogen-bond donors (Lipinski definition) is 2. The number of halogens is 1. The molecule has 0 unspecified atom stereocenters. The number of hydrogen-bond acceptors (Lipinski definition) is 3. The molecule has 13 heavy (non-hydrogen) atoms. The van der Waals surface area contributed by atoms with Crippen molar-refractivity contribution in [3.8, 4) is 5.75 Å². The molecule has 0 saturated heterocycles. The number of aromatic carboxylic acids is 1. The Kier molecular flexibility index (Phi) is 2.57. The molecule has 0 bridgehead atoms. The average Bonchev–Trinajstić information content (AvgIpc) is 2.07. The lowest BCUT2D eigenvalue weighted by molar-refractivity contribution is 0.0691. The molecule has 2 N–H and O–H groups in total. The molecule has 0 aromatic carbocycles. The van der Waals surface area contributed by atoms with Crippen LogP contribution in [0.5, 0.6) is 5.75 Å². The minimum absolute atomic E-state index is 0.0551. The molecular weight excluding hydrogens is 198 g/mol. The van der Waals surface area contributed by atoms with Crippen LogP contribution in [0, 0.1) is 0 Å². The number of rotatable bonds is 2. The summed E-state index contributed by atoms with van der Waals surface area (Å²) in [6, 6.07) is 0. The number of ether oxygens (including phenoxy) is 1. The zero-order valence-electron chi connectivity index (χ0n) is 6.63. The highest BCUT2D eigenvalue weighted by atomic mass is 35.5. The van der Waals surface area contributed by atoms with Gasteiger partial charge in [-0.1, -0.05) is 11.6 Å². The van der Waals surface area contributed by atoms with Crippen molar-refractivity contribution >= 4 is 17.6 Å². The van der Waals surface area contributed by atoms with Crippen molar-refractivity contribution in [3.05, 3.63) is 27.1 Å². The Hall–Kier alpha value is -1.49. The van der Waals surface area contributed by atoms with E-state index in [4.69, 9.17) is 16.7 Å². The van der Waals surface area contributed by atoms with Gasteiger partial charge >= 0.3 is 5.97 Å². The van der Waals surface area contributed by atoms with E-state index in [2.05, 4.69) is 9.72 Å². The maximum Gasteiger partial charge on any atom is 0.345 e. The summed E-state index contributed by atoms with van der Waals surface area (Å²) in [4.78, 5) is 23.8. The second kappa shape index (κ2) is 3.49. The third-order valence-corrected chi connectivity index (χ3v) is 1.70. The first-order valence-electron chi connectivity index (χ1n) is 3.26. The first kappa shape index (κ1) is 9.60. The molecule has 0 spiro atoms. The zero-order chi connectivity index (χ0) is 10.0. The molecule has 1 aromatic rings. The quantitative estimate of drug-likeness (QED) is 0.743. The third-order valence-electron chi connectivity index (χ3n) is 1.42. The molecule has 0 aliphatic heterocycles. The Labute approximate surface area is 77.9 Å². The molecular formula is C7H6ClNO4. The standard InChI is InChI=1S/C7H6ClNO4/c1-13-5-3(8)2-9-6(10)4(5)7(11)12/h2H,1H3,(H,9,10)(H,11,12). The summed E-state index contributed by atoms with van der Waals surface area (Å²) in [5, 5.41) is 8.70. The number of carbonyl (C=O) groups is 1. The van der Waals surface area contributed by atoms with Gasteiger partial charge in [0.2, 0.25) is 0 Å². The lowest BCUT2D eigenvalue weighted by Crippen LogP contribution is -2.18. The number of methoxy groups -OCH3 is 1. The Morgan fingerprint density at radius 2 is 2.31 bits per heavy atom. The predicted molar refractivity (Wildman–Crippen MR) is 45.6 cm³/mol. The van der Waals surface area contributed by atoms with E-state index in [0.717, 1.165) is 0 Å². The van der Waals surface area contributed by atoms with Crippen molar-refractivity contribution in [1.82, 2.24) is 4.98 Å². The normalized spacial score (nSPS) is 9.69. The molecule has 0 aliphatic rings. The smallest absolute Gasteiger partial charge is 0.345 e. The van der Waals surface area contributed by atoms with Crippen LogP contribution in [0.2, 0.25) is 5.02 Å². The van der Waals surface area contributed by atoms with Crippen LogP contribution in [-0.4, -0.2) is 23.2 Å². The minimum atomic E-state index is -1.37. The fraction of sp³-hybridized carbons (Fsp3) is 0.143. The van der Waals surface area contributed by atoms with Crippen LogP contribution in [0.4, 0.5) is 0 Å². The van der Waals surface area contributed by atoms with Gasteiger partial charge in [-0.15, -0.1) is 0 Å². The maximum absolute atomic E-state index is 11.0. The van der Waals surface area contributed by atoms with Gasteiger partial charge in [-0.05, 0) is 0 Å². The van der Waals surface area contributed by atoms with Crippen molar-refractivity contribution in [3.63, 3.8) is 0 Å². The van der Waals surface area contributed by atoms with E-state index >= 15 is 0 Å². The van der Waals surface area contributed by atoms with Gasteiger partial charge in [0.25, 0.3) is 5.56 Å². The maximum atomic E-state index is 11.0. The number of nitrogens with one attached hydrogen (secondary N) is 1. The number of aromatic amines is 1. The number of pyridine rings is 1. The molecule has 6 heteroatoms. The molecule has 1 rings (SSSR count). The largest absolute Gasteiger partial charge is 0.494 e. The van der Waals surface area contributed by atoms with E-state index in [1.165, 1.54) is 13.3 Å². The molecule has 70 valence electrons. The highest BCUT2D eigenvalue weighted by Gasteiger charge is 2.18. The molecule has 1 heterocycles. The van der Waals surface area contributed by atoms with Crippen LogP contribution in [-0.2, 0) is 0 Å². The second-order valence-electron chi connectivity index (χ2n) is 2.18. The number of carboxylic acid groups (broad SMARTS) is 1. The van der Waals surface area contributed by atoms with Crippen LogP contribution in [0.25, 0.3) is 0 Å². The van der Waals surface area contributed by atoms with Crippen LogP contribution in [0.3, 0.4) is 0 Å². The van der Waals surface area contributed by atoms with Crippen LogP contribution in [0.1, 0.15) is 10.4 Å². The fourth-order valence-corrected chi connectivity index (χ4v) is 1.11. The van der Waals surface area contributed by atoms with Crippen molar-refractivity contribution in [2.45, 2.75) is 0 Å². The minimum Gasteiger partial charge on any atom is -0.494 e. The number of aromatic nitrogens is 1. The second-order valence-corrected chi connectivity index (χ2v) is 2.59. The summed E-state index contributed by atoms with van der Waals surface area (Å²) in [6.07, 6.45) is 1.18. The van der Waals surface area contributed by atoms with Crippen LogP contribution in [0.15, 0.2) is 11.0 Å². The van der Waals surface area contributed by atoms with E-state index in [-0.39, 0.29) is 10.8 Å².